The van der Waals surface area contributed by atoms with E-state index in [0.29, 0.717) is 0 Å². The van der Waals surface area contributed by atoms with E-state index in [1.807, 2.05) is 0 Å². The molecule has 92 valence electrons. The number of hydroxylamine groups is 2. The molecule has 0 aromatic heterocycles. The summed E-state index contributed by atoms with van der Waals surface area (Å²) in [4.78, 5) is 26.5. The summed E-state index contributed by atoms with van der Waals surface area (Å²) in [7, 11) is 1.40. The maximum atomic E-state index is 11.5. The van der Waals surface area contributed by atoms with E-state index in [2.05, 4.69) is 5.32 Å². The molecule has 0 heterocycles. The molecule has 6 heteroatoms. The Bertz CT molecular complexity index is 251. The number of carboxylic acids is 1. The largest absolute Gasteiger partial charge is 0.479 e. The Labute approximate surface area is 94.5 Å². The summed E-state index contributed by atoms with van der Waals surface area (Å²) in [6, 6.07) is -0.190. The van der Waals surface area contributed by atoms with Gasteiger partial charge < -0.3 is 10.4 Å². The summed E-state index contributed by atoms with van der Waals surface area (Å²) in [5, 5.41) is 12.1. The quantitative estimate of drug-likeness (QED) is 0.705. The smallest absolute Gasteiger partial charge is 0.341 e. The average molecular weight is 230 g/mol. The van der Waals surface area contributed by atoms with E-state index in [9.17, 15) is 9.59 Å². The molecule has 0 unspecified atom stereocenters. The molecule has 1 rings (SSSR count). The molecule has 2 N–H and O–H groups in total. The zero-order chi connectivity index (χ0) is 12.0. The third kappa shape index (κ3) is 4.48. The van der Waals surface area contributed by atoms with Crippen LogP contribution in [0, 0.1) is 0 Å². The van der Waals surface area contributed by atoms with Gasteiger partial charge in [0.25, 0.3) is 0 Å². The van der Waals surface area contributed by atoms with Crippen LogP contribution in [0.3, 0.4) is 0 Å². The summed E-state index contributed by atoms with van der Waals surface area (Å²) in [5.41, 5.74) is 0. The van der Waals surface area contributed by atoms with E-state index in [1.165, 1.54) is 13.5 Å². The van der Waals surface area contributed by atoms with Gasteiger partial charge in [0.15, 0.2) is 6.61 Å². The van der Waals surface area contributed by atoms with Gasteiger partial charge in [-0.25, -0.2) is 14.7 Å². The highest BCUT2D eigenvalue weighted by Gasteiger charge is 2.18. The molecule has 6 nitrogen and oxygen atoms in total. The van der Waals surface area contributed by atoms with Crippen molar-refractivity contribution < 1.29 is 19.5 Å². The van der Waals surface area contributed by atoms with E-state index in [0.717, 1.165) is 30.7 Å². The van der Waals surface area contributed by atoms with Gasteiger partial charge in [0.05, 0.1) is 0 Å². The molecule has 1 saturated carbocycles. The van der Waals surface area contributed by atoms with E-state index >= 15 is 0 Å². The lowest BCUT2D eigenvalue weighted by molar-refractivity contribution is -0.158. The maximum Gasteiger partial charge on any atom is 0.341 e. The topological polar surface area (TPSA) is 78.9 Å². The first kappa shape index (κ1) is 12.8. The normalized spacial score (nSPS) is 16.8. The molecule has 0 aliphatic heterocycles. The van der Waals surface area contributed by atoms with Crippen molar-refractivity contribution in [2.24, 2.45) is 0 Å². The monoisotopic (exact) mass is 230 g/mol. The van der Waals surface area contributed by atoms with Gasteiger partial charge in [0, 0.05) is 13.1 Å². The molecule has 0 atom stereocenters. The van der Waals surface area contributed by atoms with Gasteiger partial charge in [0.2, 0.25) is 0 Å². The lowest BCUT2D eigenvalue weighted by Gasteiger charge is -2.25. The zero-order valence-electron chi connectivity index (χ0n) is 9.44. The summed E-state index contributed by atoms with van der Waals surface area (Å²) in [5.74, 6) is -1.10. The van der Waals surface area contributed by atoms with Crippen molar-refractivity contribution in [3.8, 4) is 0 Å². The molecule has 1 fully saturated rings. The fraction of sp³-hybridized carbons (Fsp3) is 0.800. The van der Waals surface area contributed by atoms with Crippen LogP contribution in [0.4, 0.5) is 4.79 Å². The predicted octanol–water partition coefficient (Wildman–Crippen LogP) is 0.977. The number of urea groups is 1. The number of hydrogen-bond acceptors (Lipinski definition) is 3. The molecule has 0 bridgehead atoms. The van der Waals surface area contributed by atoms with Gasteiger partial charge in [-0.3, -0.25) is 4.84 Å². The number of carbonyl (C=O) groups is 2. The van der Waals surface area contributed by atoms with Crippen molar-refractivity contribution in [2.75, 3.05) is 13.7 Å². The lowest BCUT2D eigenvalue weighted by atomic mass is 9.96. The van der Waals surface area contributed by atoms with Crippen LogP contribution >= 0.6 is 0 Å². The Morgan fingerprint density at radius 2 is 2.00 bits per heavy atom. The molecule has 0 aromatic carbocycles. The number of hydrogen-bond donors (Lipinski definition) is 2. The number of nitrogens with zero attached hydrogens (tertiary/aromatic N) is 1. The molecular weight excluding hydrogens is 212 g/mol. The maximum absolute atomic E-state index is 11.5. The number of aliphatic carboxylic acids is 1. The standard InChI is InChI=1S/C10H18N2O4/c1-12(16-7-9(13)14)10(15)11-8-5-3-2-4-6-8/h8H,2-7H2,1H3,(H,11,15)(H,13,14). The van der Waals surface area contributed by atoms with E-state index in [1.54, 1.807) is 0 Å². The van der Waals surface area contributed by atoms with Crippen LogP contribution in [0.25, 0.3) is 0 Å². The van der Waals surface area contributed by atoms with Gasteiger partial charge >= 0.3 is 12.0 Å². The first-order valence-electron chi connectivity index (χ1n) is 5.48. The second-order valence-corrected chi connectivity index (χ2v) is 3.95. The minimum atomic E-state index is -1.10. The van der Waals surface area contributed by atoms with Crippen LogP contribution in [0.15, 0.2) is 0 Å². The van der Waals surface area contributed by atoms with Crippen molar-refractivity contribution in [1.29, 1.82) is 0 Å². The number of amides is 2. The van der Waals surface area contributed by atoms with Gasteiger partial charge in [-0.05, 0) is 12.8 Å². The molecule has 16 heavy (non-hydrogen) atoms. The molecule has 2 amide bonds. The van der Waals surface area contributed by atoms with Gasteiger partial charge in [-0.15, -0.1) is 0 Å². The van der Waals surface area contributed by atoms with Gasteiger partial charge in [0.1, 0.15) is 0 Å². The van der Waals surface area contributed by atoms with E-state index in [-0.39, 0.29) is 12.1 Å². The van der Waals surface area contributed by atoms with Gasteiger partial charge in [-0.2, -0.15) is 0 Å². The van der Waals surface area contributed by atoms with Crippen molar-refractivity contribution >= 4 is 12.0 Å². The summed E-state index contributed by atoms with van der Waals surface area (Å²) < 4.78 is 0. The fourth-order valence-corrected chi connectivity index (χ4v) is 1.72. The fourth-order valence-electron chi connectivity index (χ4n) is 1.72. The molecule has 0 radical (unpaired) electrons. The average Bonchev–Trinajstić information content (AvgIpc) is 2.27. The first-order valence-corrected chi connectivity index (χ1v) is 5.48. The van der Waals surface area contributed by atoms with Crippen LogP contribution in [-0.4, -0.2) is 41.9 Å². The van der Waals surface area contributed by atoms with Crippen LogP contribution in [0.1, 0.15) is 32.1 Å². The molecule has 1 aliphatic carbocycles. The van der Waals surface area contributed by atoms with Crippen LogP contribution in [0.5, 0.6) is 0 Å². The number of nitrogens with one attached hydrogen (secondary N) is 1. The van der Waals surface area contributed by atoms with E-state index in [4.69, 9.17) is 9.94 Å². The highest BCUT2D eigenvalue weighted by molar-refractivity contribution is 5.73. The molecule has 0 aromatic rings. The molecule has 0 spiro atoms. The van der Waals surface area contributed by atoms with Crippen LogP contribution in [0.2, 0.25) is 0 Å². The summed E-state index contributed by atoms with van der Waals surface area (Å²) >= 11 is 0. The number of carbonyl (C=O) groups excluding carboxylic acids is 1. The number of carboxylic acid groups (broad SMARTS) is 1. The minimum Gasteiger partial charge on any atom is -0.479 e. The highest BCUT2D eigenvalue weighted by Crippen LogP contribution is 2.17. The van der Waals surface area contributed by atoms with Crippen molar-refractivity contribution in [3.05, 3.63) is 0 Å². The Hall–Kier alpha value is -1.30. The Balaban J connectivity index is 2.24. The predicted molar refractivity (Wildman–Crippen MR) is 56.8 cm³/mol. The first-order chi connectivity index (χ1) is 7.59. The minimum absolute atomic E-state index is 0.192. The van der Waals surface area contributed by atoms with Crippen molar-refractivity contribution in [3.63, 3.8) is 0 Å². The molecular formula is C10H18N2O4. The van der Waals surface area contributed by atoms with Gasteiger partial charge in [-0.1, -0.05) is 19.3 Å². The van der Waals surface area contributed by atoms with Crippen molar-refractivity contribution in [2.45, 2.75) is 38.1 Å². The zero-order valence-corrected chi connectivity index (χ0v) is 9.44. The molecule has 1 aliphatic rings. The second-order valence-electron chi connectivity index (χ2n) is 3.95. The lowest BCUT2D eigenvalue weighted by Crippen LogP contribution is -2.44. The summed E-state index contributed by atoms with van der Waals surface area (Å²) in [6.45, 7) is -0.505. The van der Waals surface area contributed by atoms with Crippen LogP contribution < -0.4 is 5.32 Å². The Kier molecular flexibility index (Phi) is 5.04. The van der Waals surface area contributed by atoms with Crippen LogP contribution in [-0.2, 0) is 9.63 Å². The Morgan fingerprint density at radius 1 is 1.38 bits per heavy atom. The van der Waals surface area contributed by atoms with Crippen molar-refractivity contribution in [1.82, 2.24) is 10.4 Å². The number of rotatable bonds is 4. The SMILES string of the molecule is CN(OCC(=O)O)C(=O)NC1CCCCC1. The third-order valence-corrected chi connectivity index (χ3v) is 2.60. The Morgan fingerprint density at radius 3 is 2.56 bits per heavy atom. The second kappa shape index (κ2) is 6.32. The molecule has 0 saturated heterocycles. The third-order valence-electron chi connectivity index (χ3n) is 2.60. The highest BCUT2D eigenvalue weighted by atomic mass is 16.7. The summed E-state index contributed by atoms with van der Waals surface area (Å²) in [6.07, 6.45) is 5.45. The van der Waals surface area contributed by atoms with E-state index < -0.39 is 12.6 Å².